The molecule has 1 saturated carbocycles. The van der Waals surface area contributed by atoms with E-state index in [1.165, 1.54) is 0 Å². The lowest BCUT2D eigenvalue weighted by atomic mass is 9.64. The van der Waals surface area contributed by atoms with Crippen molar-refractivity contribution in [2.24, 2.45) is 17.3 Å². The number of rotatable bonds is 1. The zero-order valence-corrected chi connectivity index (χ0v) is 12.2. The zero-order chi connectivity index (χ0) is 13.9. The number of amides is 1. The fraction of sp³-hybridized carbons (Fsp3) is 0.909. The molecule has 0 aromatic heterocycles. The Bertz CT molecular complexity index is 487. The molecular formula is C11H17ClFNO3S. The second-order valence-electron chi connectivity index (χ2n) is 6.25. The molecule has 18 heavy (non-hydrogen) atoms. The van der Waals surface area contributed by atoms with Crippen LogP contribution in [0.15, 0.2) is 0 Å². The van der Waals surface area contributed by atoms with Gasteiger partial charge in [0.2, 0.25) is 11.7 Å². The van der Waals surface area contributed by atoms with Gasteiger partial charge in [-0.15, -0.1) is 0 Å². The predicted octanol–water partition coefficient (Wildman–Crippen LogP) is 2.44. The number of halogens is 2. The van der Waals surface area contributed by atoms with E-state index in [1.54, 1.807) is 0 Å². The number of β-lactam (4-membered cyclic amide) rings is 1. The van der Waals surface area contributed by atoms with Crippen LogP contribution in [0.25, 0.3) is 0 Å². The van der Waals surface area contributed by atoms with Crippen LogP contribution in [0.1, 0.15) is 40.0 Å². The van der Waals surface area contributed by atoms with E-state index in [1.807, 2.05) is 20.8 Å². The van der Waals surface area contributed by atoms with Crippen LogP contribution in [0, 0.1) is 17.3 Å². The van der Waals surface area contributed by atoms with Crippen molar-refractivity contribution in [3.63, 3.8) is 0 Å². The number of carbonyl (C=O) groups excluding carboxylic acids is 1. The third-order valence-corrected chi connectivity index (χ3v) is 5.51. The summed E-state index contributed by atoms with van der Waals surface area (Å²) in [5.74, 6) is -3.44. The second-order valence-corrected chi connectivity index (χ2v) is 8.61. The van der Waals surface area contributed by atoms with Gasteiger partial charge in [0.25, 0.3) is 0 Å². The number of carbonyl (C=O) groups is 1. The molecule has 0 aromatic carbocycles. The van der Waals surface area contributed by atoms with E-state index in [0.29, 0.717) is 12.8 Å². The molecule has 2 fully saturated rings. The Morgan fingerprint density at radius 2 is 2.00 bits per heavy atom. The van der Waals surface area contributed by atoms with E-state index in [2.05, 4.69) is 0 Å². The lowest BCUT2D eigenvalue weighted by Gasteiger charge is -2.55. The van der Waals surface area contributed by atoms with Crippen LogP contribution >= 0.6 is 10.7 Å². The molecule has 2 aliphatic rings. The van der Waals surface area contributed by atoms with E-state index in [-0.39, 0.29) is 22.1 Å². The quantitative estimate of drug-likeness (QED) is 0.424. The molecule has 1 heterocycles. The summed E-state index contributed by atoms with van der Waals surface area (Å²) in [6.45, 7) is 6.13. The predicted molar refractivity (Wildman–Crippen MR) is 65.7 cm³/mol. The monoisotopic (exact) mass is 297 g/mol. The van der Waals surface area contributed by atoms with Gasteiger partial charge < -0.3 is 0 Å². The van der Waals surface area contributed by atoms with Gasteiger partial charge in [-0.2, -0.15) is 12.7 Å². The SMILES string of the molecule is CC(C)(C)[C@H]1CC[C@@]2(F)[C@@H](C1)C(=O)N2S(=O)(=O)Cl. The molecule has 4 nitrogen and oxygen atoms in total. The van der Waals surface area contributed by atoms with Gasteiger partial charge in [0.05, 0.1) is 5.92 Å². The van der Waals surface area contributed by atoms with Gasteiger partial charge in [0.15, 0.2) is 0 Å². The minimum absolute atomic E-state index is 0.0120. The van der Waals surface area contributed by atoms with Crippen LogP contribution in [-0.4, -0.2) is 24.4 Å². The molecule has 7 heteroatoms. The van der Waals surface area contributed by atoms with E-state index < -0.39 is 26.9 Å². The van der Waals surface area contributed by atoms with Gasteiger partial charge in [-0.1, -0.05) is 20.8 Å². The average Bonchev–Trinajstić information content (AvgIpc) is 2.12. The first kappa shape index (κ1) is 14.1. The van der Waals surface area contributed by atoms with Crippen molar-refractivity contribution in [1.82, 2.24) is 4.31 Å². The largest absolute Gasteiger partial charge is 0.326 e. The van der Waals surface area contributed by atoms with Crippen molar-refractivity contribution in [3.05, 3.63) is 0 Å². The summed E-state index contributed by atoms with van der Waals surface area (Å²) in [5.41, 5.74) is -0.0120. The molecule has 1 amide bonds. The molecule has 1 saturated heterocycles. The Kier molecular flexibility index (Phi) is 2.98. The normalized spacial score (nSPS) is 37.2. The maximum atomic E-state index is 14.6. The Hall–Kier alpha value is -0.360. The Balaban J connectivity index is 2.23. The zero-order valence-electron chi connectivity index (χ0n) is 10.6. The topological polar surface area (TPSA) is 54.5 Å². The van der Waals surface area contributed by atoms with Gasteiger partial charge in [0.1, 0.15) is 0 Å². The molecule has 0 bridgehead atoms. The van der Waals surface area contributed by atoms with Crippen molar-refractivity contribution in [1.29, 1.82) is 0 Å². The first-order valence-electron chi connectivity index (χ1n) is 5.95. The number of alkyl halides is 1. The Morgan fingerprint density at radius 1 is 1.44 bits per heavy atom. The lowest BCUT2D eigenvalue weighted by molar-refractivity contribution is -0.192. The number of hydrogen-bond donors (Lipinski definition) is 0. The van der Waals surface area contributed by atoms with Crippen LogP contribution in [-0.2, 0) is 14.0 Å². The van der Waals surface area contributed by atoms with Gasteiger partial charge in [-0.3, -0.25) is 4.79 Å². The molecule has 0 N–H and O–H groups in total. The lowest BCUT2D eigenvalue weighted by Crippen LogP contribution is -2.71. The van der Waals surface area contributed by atoms with E-state index in [4.69, 9.17) is 10.7 Å². The summed E-state index contributed by atoms with van der Waals surface area (Å²) in [4.78, 5) is 11.7. The highest BCUT2D eigenvalue weighted by molar-refractivity contribution is 8.12. The highest BCUT2D eigenvalue weighted by Crippen LogP contribution is 2.55. The molecule has 104 valence electrons. The van der Waals surface area contributed by atoms with Gasteiger partial charge in [-0.25, -0.2) is 4.39 Å². The van der Waals surface area contributed by atoms with Crippen molar-refractivity contribution in [3.8, 4) is 0 Å². The average molecular weight is 298 g/mol. The maximum Gasteiger partial charge on any atom is 0.326 e. The first-order valence-corrected chi connectivity index (χ1v) is 8.22. The molecule has 1 aliphatic carbocycles. The summed E-state index contributed by atoms with van der Waals surface area (Å²) in [6.07, 6.45) is 0.992. The van der Waals surface area contributed by atoms with E-state index >= 15 is 0 Å². The summed E-state index contributed by atoms with van der Waals surface area (Å²) < 4.78 is 37.2. The minimum Gasteiger partial charge on any atom is -0.273 e. The third-order valence-electron chi connectivity index (χ3n) is 4.18. The number of hydrogen-bond acceptors (Lipinski definition) is 3. The smallest absolute Gasteiger partial charge is 0.273 e. The summed E-state index contributed by atoms with van der Waals surface area (Å²) >= 11 is 0. The summed E-state index contributed by atoms with van der Waals surface area (Å²) in [7, 11) is 0.787. The second kappa shape index (κ2) is 3.82. The highest BCUT2D eigenvalue weighted by Gasteiger charge is 2.67. The fourth-order valence-electron chi connectivity index (χ4n) is 3.00. The maximum absolute atomic E-state index is 14.6. The van der Waals surface area contributed by atoms with Gasteiger partial charge in [0, 0.05) is 17.1 Å². The van der Waals surface area contributed by atoms with Crippen molar-refractivity contribution < 1.29 is 17.6 Å². The van der Waals surface area contributed by atoms with Crippen molar-refractivity contribution >= 4 is 25.8 Å². The molecule has 0 radical (unpaired) electrons. The van der Waals surface area contributed by atoms with E-state index in [9.17, 15) is 17.6 Å². The Labute approximate surface area is 111 Å². The molecule has 2 rings (SSSR count). The van der Waals surface area contributed by atoms with Gasteiger partial charge in [-0.05, 0) is 24.2 Å². The van der Waals surface area contributed by atoms with Crippen molar-refractivity contribution in [2.45, 2.75) is 45.8 Å². The molecule has 1 aliphatic heterocycles. The van der Waals surface area contributed by atoms with Gasteiger partial charge >= 0.3 is 9.24 Å². The molecule has 0 aromatic rings. The standard InChI is InChI=1S/C11H17ClFNO3S/c1-10(2,3)7-4-5-11(13)8(6-7)9(15)14(11)18(12,16)17/h7-8H,4-6H2,1-3H3/t7-,8-,11-/m0/s1. The Morgan fingerprint density at radius 3 is 2.44 bits per heavy atom. The number of fused-ring (bicyclic) bond motifs is 1. The van der Waals surface area contributed by atoms with Crippen LogP contribution in [0.3, 0.4) is 0 Å². The molecule has 0 unspecified atom stereocenters. The first-order chi connectivity index (χ1) is 7.98. The fourth-order valence-corrected chi connectivity index (χ4v) is 4.47. The summed E-state index contributed by atoms with van der Waals surface area (Å²) in [5, 5.41) is 0. The molecule has 0 spiro atoms. The minimum atomic E-state index is -4.32. The van der Waals surface area contributed by atoms with Crippen LogP contribution in [0.4, 0.5) is 4.39 Å². The van der Waals surface area contributed by atoms with Crippen LogP contribution < -0.4 is 0 Å². The molecule has 3 atom stereocenters. The third kappa shape index (κ3) is 1.93. The van der Waals surface area contributed by atoms with Crippen molar-refractivity contribution in [2.75, 3.05) is 0 Å². The van der Waals surface area contributed by atoms with Crippen LogP contribution in [0.5, 0.6) is 0 Å². The summed E-state index contributed by atoms with van der Waals surface area (Å²) in [6, 6.07) is 0. The van der Waals surface area contributed by atoms with E-state index in [0.717, 1.165) is 0 Å². The van der Waals surface area contributed by atoms with Crippen LogP contribution in [0.2, 0.25) is 0 Å². The molecular weight excluding hydrogens is 281 g/mol. The number of nitrogens with zero attached hydrogens (tertiary/aromatic N) is 1. The highest BCUT2D eigenvalue weighted by atomic mass is 35.7.